The Bertz CT molecular complexity index is 1390. The largest absolute Gasteiger partial charge is 0.481 e. The normalized spacial score (nSPS) is 17.7. The number of carbonyl (C=O) groups excluding carboxylic acids is 3. The molecule has 1 aliphatic heterocycles. The van der Waals surface area contributed by atoms with Crippen molar-refractivity contribution in [3.8, 4) is 0 Å². The minimum Gasteiger partial charge on any atom is -0.481 e. The number of carboxylic acids is 1. The van der Waals surface area contributed by atoms with E-state index in [1.54, 1.807) is 33.0 Å². The zero-order valence-electron chi connectivity index (χ0n) is 22.8. The third-order valence-electron chi connectivity index (χ3n) is 6.64. The van der Waals surface area contributed by atoms with Crippen LogP contribution in [0.25, 0.3) is 10.9 Å². The number of para-hydroxylation sites is 1. The van der Waals surface area contributed by atoms with E-state index in [1.165, 1.54) is 0 Å². The minimum atomic E-state index is -1.11. The van der Waals surface area contributed by atoms with Crippen LogP contribution in [0.1, 0.15) is 39.2 Å². The number of anilines is 1. The molecule has 0 saturated carbocycles. The minimum absolute atomic E-state index is 0.0813. The maximum atomic E-state index is 13.5. The Labute approximate surface area is 232 Å². The molecule has 10 nitrogen and oxygen atoms in total. The molecule has 2 aromatic carbocycles. The van der Waals surface area contributed by atoms with E-state index in [2.05, 4.69) is 15.6 Å². The number of pyridine rings is 1. The molecule has 1 fully saturated rings. The Hall–Kier alpha value is -4.47. The number of likely N-dealkylation sites (tertiary alicyclic amines) is 1. The molecule has 3 aromatic rings. The fourth-order valence-electron chi connectivity index (χ4n) is 4.65. The number of ether oxygens (including phenoxy) is 1. The first-order valence-corrected chi connectivity index (χ1v) is 13.2. The lowest BCUT2D eigenvalue weighted by Gasteiger charge is -2.29. The molecular weight excluding hydrogens is 512 g/mol. The van der Waals surface area contributed by atoms with Crippen LogP contribution < -0.4 is 10.6 Å². The van der Waals surface area contributed by atoms with E-state index in [0.29, 0.717) is 12.1 Å². The number of benzene rings is 2. The zero-order valence-corrected chi connectivity index (χ0v) is 22.8. The molecule has 3 atom stereocenters. The maximum Gasteiger partial charge on any atom is 0.410 e. The average molecular weight is 547 g/mol. The molecule has 0 aliphatic carbocycles. The van der Waals surface area contributed by atoms with Gasteiger partial charge in [-0.25, -0.2) is 4.79 Å². The van der Waals surface area contributed by atoms with Crippen LogP contribution in [-0.4, -0.2) is 63.1 Å². The highest BCUT2D eigenvalue weighted by molar-refractivity contribution is 5.99. The monoisotopic (exact) mass is 546 g/mol. The Kier molecular flexibility index (Phi) is 8.67. The van der Waals surface area contributed by atoms with Crippen molar-refractivity contribution in [3.05, 3.63) is 72.4 Å². The number of hydrogen-bond acceptors (Lipinski definition) is 6. The Morgan fingerprint density at radius 1 is 1.07 bits per heavy atom. The number of hydrogen-bond donors (Lipinski definition) is 3. The summed E-state index contributed by atoms with van der Waals surface area (Å²) in [5.74, 6) is -3.09. The van der Waals surface area contributed by atoms with E-state index in [4.69, 9.17) is 4.74 Å². The van der Waals surface area contributed by atoms with Gasteiger partial charge in [0.15, 0.2) is 0 Å². The fourth-order valence-corrected chi connectivity index (χ4v) is 4.65. The fraction of sp³-hybridized carbons (Fsp3) is 0.367. The van der Waals surface area contributed by atoms with Gasteiger partial charge in [-0.3, -0.25) is 24.3 Å². The van der Waals surface area contributed by atoms with Crippen molar-refractivity contribution >= 4 is 40.5 Å². The number of amides is 3. The van der Waals surface area contributed by atoms with Crippen molar-refractivity contribution in [2.75, 3.05) is 11.9 Å². The summed E-state index contributed by atoms with van der Waals surface area (Å²) >= 11 is 0. The lowest BCUT2D eigenvalue weighted by Crippen LogP contribution is -2.52. The number of rotatable bonds is 8. The smallest absolute Gasteiger partial charge is 0.410 e. The van der Waals surface area contributed by atoms with Crippen LogP contribution in [0.2, 0.25) is 0 Å². The summed E-state index contributed by atoms with van der Waals surface area (Å²) in [6.07, 6.45) is 1.48. The third kappa shape index (κ3) is 7.34. The summed E-state index contributed by atoms with van der Waals surface area (Å²) in [7, 11) is 0. The summed E-state index contributed by atoms with van der Waals surface area (Å²) < 4.78 is 5.43. The van der Waals surface area contributed by atoms with Gasteiger partial charge in [0.2, 0.25) is 11.8 Å². The summed E-state index contributed by atoms with van der Waals surface area (Å²) in [6, 6.07) is 16.8. The lowest BCUT2D eigenvalue weighted by atomic mass is 10.0. The summed E-state index contributed by atoms with van der Waals surface area (Å²) in [5, 5.41) is 16.1. The van der Waals surface area contributed by atoms with Gasteiger partial charge < -0.3 is 20.5 Å². The third-order valence-corrected chi connectivity index (χ3v) is 6.64. The highest BCUT2D eigenvalue weighted by atomic mass is 16.6. The molecule has 4 rings (SSSR count). The first-order valence-electron chi connectivity index (χ1n) is 13.2. The quantitative estimate of drug-likeness (QED) is 0.388. The van der Waals surface area contributed by atoms with Gasteiger partial charge in [-0.05, 0) is 57.7 Å². The van der Waals surface area contributed by atoms with Gasteiger partial charge in [-0.2, -0.15) is 0 Å². The molecular formula is C30H34N4O6. The van der Waals surface area contributed by atoms with E-state index in [-0.39, 0.29) is 19.4 Å². The average Bonchev–Trinajstić information content (AvgIpc) is 3.37. The molecule has 2 heterocycles. The number of nitrogens with zero attached hydrogens (tertiary/aromatic N) is 2. The summed E-state index contributed by atoms with van der Waals surface area (Å²) in [6.45, 7) is 4.91. The summed E-state index contributed by atoms with van der Waals surface area (Å²) in [4.78, 5) is 57.1. The summed E-state index contributed by atoms with van der Waals surface area (Å²) in [5.41, 5.74) is 1.42. The molecule has 3 amide bonds. The van der Waals surface area contributed by atoms with Gasteiger partial charge in [0.1, 0.15) is 17.7 Å². The van der Waals surface area contributed by atoms with Crippen LogP contribution in [-0.2, 0) is 25.5 Å². The van der Waals surface area contributed by atoms with Crippen molar-refractivity contribution < 1.29 is 29.0 Å². The van der Waals surface area contributed by atoms with Crippen LogP contribution in [0.4, 0.5) is 10.5 Å². The van der Waals surface area contributed by atoms with Gasteiger partial charge in [0, 0.05) is 11.9 Å². The topological polar surface area (TPSA) is 138 Å². The second kappa shape index (κ2) is 12.1. The van der Waals surface area contributed by atoms with Crippen molar-refractivity contribution in [1.82, 2.24) is 15.2 Å². The number of carbonyl (C=O) groups is 4. The lowest BCUT2D eigenvalue weighted by molar-refractivity contribution is -0.141. The molecule has 1 saturated heterocycles. The SMILES string of the molecule is CC(C)(C)OC(=O)N1C[C@@H](C(=O)O)C[C@H]1C(=O)N[C@@H](CCc1ccccc1)C(=O)Nc1cnc2ccccc2c1. The predicted molar refractivity (Wildman–Crippen MR) is 150 cm³/mol. The Morgan fingerprint density at radius 3 is 2.48 bits per heavy atom. The molecule has 3 N–H and O–H groups in total. The number of aliphatic carboxylic acids is 1. The Balaban J connectivity index is 1.53. The molecule has 210 valence electrons. The van der Waals surface area contributed by atoms with Crippen LogP contribution in [0.3, 0.4) is 0 Å². The first kappa shape index (κ1) is 28.5. The number of fused-ring (bicyclic) bond motifs is 1. The van der Waals surface area contributed by atoms with Crippen LogP contribution in [0, 0.1) is 5.92 Å². The molecule has 0 radical (unpaired) electrons. The molecule has 0 unspecified atom stereocenters. The van der Waals surface area contributed by atoms with Gasteiger partial charge in [0.25, 0.3) is 0 Å². The molecule has 40 heavy (non-hydrogen) atoms. The second-order valence-corrected chi connectivity index (χ2v) is 10.9. The Morgan fingerprint density at radius 2 is 1.77 bits per heavy atom. The van der Waals surface area contributed by atoms with Crippen molar-refractivity contribution in [1.29, 1.82) is 0 Å². The van der Waals surface area contributed by atoms with E-state index < -0.39 is 47.5 Å². The number of aryl methyl sites for hydroxylation is 1. The number of carboxylic acid groups (broad SMARTS) is 1. The van der Waals surface area contributed by atoms with E-state index in [9.17, 15) is 24.3 Å². The van der Waals surface area contributed by atoms with Gasteiger partial charge >= 0.3 is 12.1 Å². The van der Waals surface area contributed by atoms with E-state index in [0.717, 1.165) is 21.4 Å². The van der Waals surface area contributed by atoms with Crippen molar-refractivity contribution in [3.63, 3.8) is 0 Å². The number of aromatic nitrogens is 1. The maximum absolute atomic E-state index is 13.5. The molecule has 1 aliphatic rings. The zero-order chi connectivity index (χ0) is 28.9. The highest BCUT2D eigenvalue weighted by Gasteiger charge is 2.44. The highest BCUT2D eigenvalue weighted by Crippen LogP contribution is 2.26. The molecule has 1 aromatic heterocycles. The van der Waals surface area contributed by atoms with Crippen molar-refractivity contribution in [2.45, 2.75) is 57.7 Å². The van der Waals surface area contributed by atoms with E-state index in [1.807, 2.05) is 54.6 Å². The van der Waals surface area contributed by atoms with Gasteiger partial charge in [-0.1, -0.05) is 48.5 Å². The van der Waals surface area contributed by atoms with Gasteiger partial charge in [-0.15, -0.1) is 0 Å². The van der Waals surface area contributed by atoms with E-state index >= 15 is 0 Å². The number of nitrogens with one attached hydrogen (secondary N) is 2. The predicted octanol–water partition coefficient (Wildman–Crippen LogP) is 4.00. The first-order chi connectivity index (χ1) is 19.0. The van der Waals surface area contributed by atoms with Gasteiger partial charge in [0.05, 0.1) is 23.3 Å². The standard InChI is InChI=1S/C30H34N4O6/c1-30(2,3)40-29(39)34-18-21(28(37)38)16-25(34)27(36)33-24(14-13-19-9-5-4-6-10-19)26(35)32-22-15-20-11-7-8-12-23(20)31-17-22/h4-12,15,17,21,24-25H,13-14,16,18H2,1-3H3,(H,32,35)(H,33,36)(H,37,38)/t21-,24-,25-/m0/s1. The second-order valence-electron chi connectivity index (χ2n) is 10.9. The van der Waals surface area contributed by atoms with Crippen LogP contribution in [0.15, 0.2) is 66.9 Å². The van der Waals surface area contributed by atoms with Crippen LogP contribution >= 0.6 is 0 Å². The molecule has 0 bridgehead atoms. The van der Waals surface area contributed by atoms with Crippen molar-refractivity contribution in [2.24, 2.45) is 5.92 Å². The molecule has 0 spiro atoms. The molecule has 10 heteroatoms. The van der Waals surface area contributed by atoms with Crippen LogP contribution in [0.5, 0.6) is 0 Å².